The van der Waals surface area contributed by atoms with Crippen molar-refractivity contribution in [3.63, 3.8) is 0 Å². The molecule has 0 saturated heterocycles. The van der Waals surface area contributed by atoms with Crippen molar-refractivity contribution >= 4 is 17.3 Å². The molecule has 4 aliphatic rings. The van der Waals surface area contributed by atoms with Gasteiger partial charge in [-0.15, -0.1) is 0 Å². The second-order valence-electron chi connectivity index (χ2n) is 8.89. The first kappa shape index (κ1) is 15.3. The summed E-state index contributed by atoms with van der Waals surface area (Å²) in [5.74, 6) is 2.30. The molecule has 0 aromatic rings. The van der Waals surface area contributed by atoms with Crippen molar-refractivity contribution in [2.75, 3.05) is 0 Å². The molecule has 1 N–H and O–H groups in total. The quantitative estimate of drug-likeness (QED) is 0.548. The van der Waals surface area contributed by atoms with Crippen LogP contribution in [0, 0.1) is 34.5 Å². The zero-order valence-corrected chi connectivity index (χ0v) is 14.2. The lowest BCUT2D eigenvalue weighted by Gasteiger charge is -2.59. The van der Waals surface area contributed by atoms with E-state index in [2.05, 4.69) is 19.0 Å². The molecule has 6 atom stereocenters. The van der Waals surface area contributed by atoms with Crippen molar-refractivity contribution in [1.29, 1.82) is 0 Å². The summed E-state index contributed by atoms with van der Waals surface area (Å²) in [6.07, 6.45) is 6.69. The summed E-state index contributed by atoms with van der Waals surface area (Å²) in [6, 6.07) is 0. The molecule has 4 rings (SSSR count). The van der Waals surface area contributed by atoms with Crippen LogP contribution in [0.5, 0.6) is 0 Å². The lowest BCUT2D eigenvalue weighted by molar-refractivity contribution is -0.136. The SMILES string of the molecule is C[C@]12CCC3C(C/C(=N\O)[C@H]4CC(=O)CC[C@]34C)C1CCC2=O. The Hall–Kier alpha value is -1.19. The van der Waals surface area contributed by atoms with Crippen LogP contribution in [-0.2, 0) is 9.59 Å². The number of carbonyl (C=O) groups excluding carboxylic acids is 2. The van der Waals surface area contributed by atoms with Crippen molar-refractivity contribution in [2.45, 2.75) is 65.2 Å². The highest BCUT2D eigenvalue weighted by Gasteiger charge is 2.61. The van der Waals surface area contributed by atoms with Gasteiger partial charge in [0.15, 0.2) is 0 Å². The number of fused-ring (bicyclic) bond motifs is 5. The summed E-state index contributed by atoms with van der Waals surface area (Å²) < 4.78 is 0. The molecule has 0 amide bonds. The van der Waals surface area contributed by atoms with Gasteiger partial charge in [0.1, 0.15) is 11.6 Å². The van der Waals surface area contributed by atoms with E-state index in [0.717, 1.165) is 37.8 Å². The first-order chi connectivity index (χ1) is 10.9. The van der Waals surface area contributed by atoms with Gasteiger partial charge in [-0.2, -0.15) is 0 Å². The number of carbonyl (C=O) groups is 2. The summed E-state index contributed by atoms with van der Waals surface area (Å²) in [5, 5.41) is 13.2. The van der Waals surface area contributed by atoms with Crippen LogP contribution in [0.1, 0.15) is 65.2 Å². The van der Waals surface area contributed by atoms with Gasteiger partial charge in [-0.05, 0) is 55.3 Å². The minimum atomic E-state index is -0.157. The molecule has 3 unspecified atom stereocenters. The third-order valence-electron chi connectivity index (χ3n) is 8.14. The van der Waals surface area contributed by atoms with Crippen molar-refractivity contribution in [3.05, 3.63) is 0 Å². The lowest BCUT2D eigenvalue weighted by Crippen LogP contribution is -2.56. The predicted octanol–water partition coefficient (Wildman–Crippen LogP) is 3.61. The highest BCUT2D eigenvalue weighted by Crippen LogP contribution is 2.64. The highest BCUT2D eigenvalue weighted by atomic mass is 16.4. The smallest absolute Gasteiger partial charge is 0.139 e. The normalized spacial score (nSPS) is 51.3. The largest absolute Gasteiger partial charge is 0.411 e. The number of rotatable bonds is 0. The number of hydrogen-bond acceptors (Lipinski definition) is 4. The highest BCUT2D eigenvalue weighted by molar-refractivity contribution is 5.94. The Balaban J connectivity index is 1.73. The fourth-order valence-electron chi connectivity index (χ4n) is 6.74. The van der Waals surface area contributed by atoms with Gasteiger partial charge in [-0.3, -0.25) is 9.59 Å². The molecule has 4 aliphatic carbocycles. The molecule has 23 heavy (non-hydrogen) atoms. The zero-order chi connectivity index (χ0) is 16.4. The molecule has 4 saturated carbocycles. The zero-order valence-electron chi connectivity index (χ0n) is 14.2. The maximum absolute atomic E-state index is 12.4. The average molecular weight is 317 g/mol. The van der Waals surface area contributed by atoms with Crippen molar-refractivity contribution in [3.8, 4) is 0 Å². The molecule has 0 radical (unpaired) electrons. The van der Waals surface area contributed by atoms with E-state index >= 15 is 0 Å². The van der Waals surface area contributed by atoms with E-state index in [1.807, 2.05) is 0 Å². The van der Waals surface area contributed by atoms with Crippen LogP contribution in [0.4, 0.5) is 0 Å². The molecule has 4 nitrogen and oxygen atoms in total. The van der Waals surface area contributed by atoms with E-state index in [1.165, 1.54) is 0 Å². The monoisotopic (exact) mass is 317 g/mol. The van der Waals surface area contributed by atoms with Crippen LogP contribution in [-0.4, -0.2) is 22.5 Å². The molecule has 126 valence electrons. The molecule has 4 heteroatoms. The minimum Gasteiger partial charge on any atom is -0.411 e. The lowest BCUT2D eigenvalue weighted by atomic mass is 9.45. The van der Waals surface area contributed by atoms with Crippen LogP contribution in [0.25, 0.3) is 0 Å². The first-order valence-electron chi connectivity index (χ1n) is 9.16. The summed E-state index contributed by atoms with van der Waals surface area (Å²) in [5.41, 5.74) is 0.728. The van der Waals surface area contributed by atoms with E-state index in [9.17, 15) is 14.8 Å². The topological polar surface area (TPSA) is 66.7 Å². The molecule has 0 aliphatic heterocycles. The van der Waals surface area contributed by atoms with E-state index < -0.39 is 0 Å². The third-order valence-corrected chi connectivity index (χ3v) is 8.14. The molecule has 0 heterocycles. The average Bonchev–Trinajstić information content (AvgIpc) is 2.83. The summed E-state index contributed by atoms with van der Waals surface area (Å²) >= 11 is 0. The second-order valence-corrected chi connectivity index (χ2v) is 8.89. The Labute approximate surface area is 137 Å². The molecular weight excluding hydrogens is 290 g/mol. The van der Waals surface area contributed by atoms with Gasteiger partial charge < -0.3 is 5.21 Å². The van der Waals surface area contributed by atoms with Crippen LogP contribution in [0.2, 0.25) is 0 Å². The van der Waals surface area contributed by atoms with Crippen LogP contribution < -0.4 is 0 Å². The fourth-order valence-corrected chi connectivity index (χ4v) is 6.74. The maximum atomic E-state index is 12.4. The number of hydrogen-bond donors (Lipinski definition) is 1. The minimum absolute atomic E-state index is 0.0609. The van der Waals surface area contributed by atoms with Crippen molar-refractivity contribution in [2.24, 2.45) is 39.7 Å². The molecule has 0 aromatic carbocycles. The maximum Gasteiger partial charge on any atom is 0.139 e. The van der Waals surface area contributed by atoms with Gasteiger partial charge >= 0.3 is 0 Å². The summed E-state index contributed by atoms with van der Waals surface area (Å²) in [6.45, 7) is 4.48. The van der Waals surface area contributed by atoms with Gasteiger partial charge in [0, 0.05) is 30.6 Å². The number of nitrogens with zero attached hydrogens (tertiary/aromatic N) is 1. The Morgan fingerprint density at radius 1 is 1.04 bits per heavy atom. The number of Topliss-reactive ketones (excluding diaryl/α,β-unsaturated/α-hetero) is 2. The molecule has 4 fully saturated rings. The molecule has 0 bridgehead atoms. The molecule has 0 aromatic heterocycles. The van der Waals surface area contributed by atoms with Crippen LogP contribution in [0.3, 0.4) is 0 Å². The first-order valence-corrected chi connectivity index (χ1v) is 9.16. The Morgan fingerprint density at radius 2 is 1.83 bits per heavy atom. The van der Waals surface area contributed by atoms with Gasteiger partial charge in [0.25, 0.3) is 0 Å². The van der Waals surface area contributed by atoms with Gasteiger partial charge in [-0.25, -0.2) is 0 Å². The van der Waals surface area contributed by atoms with Gasteiger partial charge in [0.2, 0.25) is 0 Å². The Kier molecular flexibility index (Phi) is 3.27. The fraction of sp³-hybridized carbons (Fsp3) is 0.842. The van der Waals surface area contributed by atoms with Crippen LogP contribution in [0.15, 0.2) is 5.16 Å². The Morgan fingerprint density at radius 3 is 2.57 bits per heavy atom. The third kappa shape index (κ3) is 1.93. The van der Waals surface area contributed by atoms with Crippen molar-refractivity contribution in [1.82, 2.24) is 0 Å². The predicted molar refractivity (Wildman–Crippen MR) is 86.3 cm³/mol. The van der Waals surface area contributed by atoms with E-state index in [1.54, 1.807) is 0 Å². The summed E-state index contributed by atoms with van der Waals surface area (Å²) in [4.78, 5) is 24.4. The second kappa shape index (κ2) is 4.90. The summed E-state index contributed by atoms with van der Waals surface area (Å²) in [7, 11) is 0. The number of oxime groups is 1. The van der Waals surface area contributed by atoms with Crippen LogP contribution >= 0.6 is 0 Å². The van der Waals surface area contributed by atoms with E-state index in [-0.39, 0.29) is 16.7 Å². The molecular formula is C19H27NO3. The van der Waals surface area contributed by atoms with E-state index in [0.29, 0.717) is 48.6 Å². The standard InChI is InChI=1S/C19H27NO3/c1-18-7-5-11(21)9-15(18)16(20-23)10-12-13-3-4-17(22)19(13,2)8-6-14(12)18/h12-15,23H,3-10H2,1-2H3/b20-16+/t12?,13?,14?,15-,18-,19+/m1/s1. The molecule has 0 spiro atoms. The number of ketones is 2. The Bertz CT molecular complexity index is 597. The van der Waals surface area contributed by atoms with Crippen molar-refractivity contribution < 1.29 is 14.8 Å². The van der Waals surface area contributed by atoms with E-state index in [4.69, 9.17) is 0 Å². The van der Waals surface area contributed by atoms with Gasteiger partial charge in [0.05, 0.1) is 5.71 Å². The van der Waals surface area contributed by atoms with Gasteiger partial charge in [-0.1, -0.05) is 19.0 Å².